The van der Waals surface area contributed by atoms with Gasteiger partial charge in [0.1, 0.15) is 0 Å². The van der Waals surface area contributed by atoms with Crippen molar-refractivity contribution in [1.82, 2.24) is 10.2 Å². The second kappa shape index (κ2) is 11.0. The van der Waals surface area contributed by atoms with Gasteiger partial charge in [-0.05, 0) is 43.9 Å². The summed E-state index contributed by atoms with van der Waals surface area (Å²) in [4.78, 5) is 38.5. The summed E-state index contributed by atoms with van der Waals surface area (Å²) < 4.78 is 15.3. The molecule has 3 rings (SSSR count). The lowest BCUT2D eigenvalue weighted by molar-refractivity contribution is -0.143. The highest BCUT2D eigenvalue weighted by molar-refractivity contribution is 5.95. The zero-order valence-corrected chi connectivity index (χ0v) is 18.4. The van der Waals surface area contributed by atoms with Gasteiger partial charge in [0, 0.05) is 30.6 Å². The predicted octanol–water partition coefficient (Wildman–Crippen LogP) is 2.55. The first-order valence-electron chi connectivity index (χ1n) is 11.0. The number of esters is 1. The number of hydrogen-bond acceptors (Lipinski definition) is 6. The van der Waals surface area contributed by atoms with Crippen molar-refractivity contribution in [2.45, 2.75) is 51.0 Å². The number of hydrogen-bond donors (Lipinski definition) is 1. The molecule has 1 aliphatic heterocycles. The molecule has 31 heavy (non-hydrogen) atoms. The standard InChI is InChI=1S/C23H32N2O6/c1-29-20-14-17(8-9-19(20)31-15-21(26)30-2)23(28)25-12-10-18(11-13-25)24-22(27)16-6-4-3-5-7-16/h8-9,14,16,18H,3-7,10-13,15H2,1-2H3,(H,24,27). The summed E-state index contributed by atoms with van der Waals surface area (Å²) in [6.45, 7) is 0.953. The Morgan fingerprint density at radius 2 is 1.71 bits per heavy atom. The van der Waals surface area contributed by atoms with Crippen molar-refractivity contribution in [3.63, 3.8) is 0 Å². The molecule has 1 saturated heterocycles. The van der Waals surface area contributed by atoms with Crippen LogP contribution in [0.25, 0.3) is 0 Å². The molecule has 0 bridgehead atoms. The smallest absolute Gasteiger partial charge is 0.343 e. The summed E-state index contributed by atoms with van der Waals surface area (Å²) in [5.41, 5.74) is 0.493. The van der Waals surface area contributed by atoms with Gasteiger partial charge < -0.3 is 24.4 Å². The Balaban J connectivity index is 1.52. The Bertz CT molecular complexity index is 782. The molecule has 1 heterocycles. The summed E-state index contributed by atoms with van der Waals surface area (Å²) in [6.07, 6.45) is 6.99. The molecule has 8 nitrogen and oxygen atoms in total. The van der Waals surface area contributed by atoms with E-state index < -0.39 is 5.97 Å². The molecule has 0 spiro atoms. The third kappa shape index (κ3) is 6.12. The summed E-state index contributed by atoms with van der Waals surface area (Å²) >= 11 is 0. The number of nitrogens with one attached hydrogen (secondary N) is 1. The predicted molar refractivity (Wildman–Crippen MR) is 114 cm³/mol. The van der Waals surface area contributed by atoms with Gasteiger partial charge in [-0.1, -0.05) is 19.3 Å². The number of benzene rings is 1. The van der Waals surface area contributed by atoms with E-state index in [0.29, 0.717) is 30.2 Å². The van der Waals surface area contributed by atoms with Gasteiger partial charge in [0.25, 0.3) is 5.91 Å². The van der Waals surface area contributed by atoms with E-state index >= 15 is 0 Å². The van der Waals surface area contributed by atoms with Gasteiger partial charge in [0.2, 0.25) is 5.91 Å². The molecule has 0 radical (unpaired) electrons. The van der Waals surface area contributed by atoms with Gasteiger partial charge in [-0.25, -0.2) is 4.79 Å². The molecule has 0 aromatic heterocycles. The van der Waals surface area contributed by atoms with Crippen LogP contribution in [0.3, 0.4) is 0 Å². The number of ether oxygens (including phenoxy) is 3. The fraction of sp³-hybridized carbons (Fsp3) is 0.609. The molecule has 0 unspecified atom stereocenters. The fourth-order valence-corrected chi connectivity index (χ4v) is 4.21. The lowest BCUT2D eigenvalue weighted by Gasteiger charge is -2.33. The van der Waals surface area contributed by atoms with Crippen molar-refractivity contribution in [3.05, 3.63) is 23.8 Å². The van der Waals surface area contributed by atoms with Crippen molar-refractivity contribution in [2.24, 2.45) is 5.92 Å². The van der Waals surface area contributed by atoms with Crippen LogP contribution in [0.1, 0.15) is 55.3 Å². The molecule has 2 fully saturated rings. The number of methoxy groups -OCH3 is 2. The largest absolute Gasteiger partial charge is 0.493 e. The normalized spacial score (nSPS) is 17.7. The summed E-state index contributed by atoms with van der Waals surface area (Å²) in [5, 5.41) is 3.19. The first-order chi connectivity index (χ1) is 15.0. The van der Waals surface area contributed by atoms with Crippen molar-refractivity contribution < 1.29 is 28.6 Å². The molecule has 0 atom stereocenters. The monoisotopic (exact) mass is 432 g/mol. The number of rotatable bonds is 7. The SMILES string of the molecule is COC(=O)COc1ccc(C(=O)N2CCC(NC(=O)C3CCCCC3)CC2)cc1OC. The van der Waals surface area contributed by atoms with E-state index in [-0.39, 0.29) is 30.4 Å². The minimum absolute atomic E-state index is 0.0881. The molecule has 1 N–H and O–H groups in total. The van der Waals surface area contributed by atoms with Crippen molar-refractivity contribution in [2.75, 3.05) is 33.9 Å². The molecule has 1 aromatic rings. The van der Waals surface area contributed by atoms with Crippen LogP contribution in [0.5, 0.6) is 11.5 Å². The molecule has 2 aliphatic rings. The van der Waals surface area contributed by atoms with Crippen molar-refractivity contribution in [3.8, 4) is 11.5 Å². The van der Waals surface area contributed by atoms with E-state index in [9.17, 15) is 14.4 Å². The Morgan fingerprint density at radius 1 is 1.00 bits per heavy atom. The first-order valence-corrected chi connectivity index (χ1v) is 11.0. The molecule has 2 amide bonds. The van der Waals surface area contributed by atoms with E-state index in [4.69, 9.17) is 9.47 Å². The number of carbonyl (C=O) groups excluding carboxylic acids is 3. The van der Waals surface area contributed by atoms with Gasteiger partial charge in [0.15, 0.2) is 18.1 Å². The average molecular weight is 433 g/mol. The number of amides is 2. The second-order valence-electron chi connectivity index (χ2n) is 8.14. The van der Waals surface area contributed by atoms with Crippen LogP contribution in [-0.4, -0.2) is 62.6 Å². The summed E-state index contributed by atoms with van der Waals surface area (Å²) in [6, 6.07) is 5.02. The van der Waals surface area contributed by atoms with E-state index in [0.717, 1.165) is 38.5 Å². The second-order valence-corrected chi connectivity index (χ2v) is 8.14. The van der Waals surface area contributed by atoms with Gasteiger partial charge in [0.05, 0.1) is 14.2 Å². The van der Waals surface area contributed by atoms with Crippen LogP contribution >= 0.6 is 0 Å². The quantitative estimate of drug-likeness (QED) is 0.666. The minimum atomic E-state index is -0.499. The van der Waals surface area contributed by atoms with Gasteiger partial charge in [-0.15, -0.1) is 0 Å². The number of nitrogens with zero attached hydrogens (tertiary/aromatic N) is 1. The number of carbonyl (C=O) groups is 3. The Hall–Kier alpha value is -2.77. The maximum absolute atomic E-state index is 12.9. The van der Waals surface area contributed by atoms with Crippen molar-refractivity contribution >= 4 is 17.8 Å². The van der Waals surface area contributed by atoms with E-state index in [1.165, 1.54) is 20.6 Å². The molecule has 1 aromatic carbocycles. The number of likely N-dealkylation sites (tertiary alicyclic amines) is 1. The Kier molecular flexibility index (Phi) is 8.14. The van der Waals surface area contributed by atoms with Gasteiger partial charge in [-0.3, -0.25) is 9.59 Å². The van der Waals surface area contributed by atoms with Gasteiger partial charge >= 0.3 is 5.97 Å². The first kappa shape index (κ1) is 22.9. The van der Waals surface area contributed by atoms with Crippen LogP contribution in [0.15, 0.2) is 18.2 Å². The summed E-state index contributed by atoms with van der Waals surface area (Å²) in [7, 11) is 2.77. The average Bonchev–Trinajstić information content (AvgIpc) is 2.82. The van der Waals surface area contributed by atoms with Gasteiger partial charge in [-0.2, -0.15) is 0 Å². The fourth-order valence-electron chi connectivity index (χ4n) is 4.21. The maximum Gasteiger partial charge on any atom is 0.343 e. The lowest BCUT2D eigenvalue weighted by Crippen LogP contribution is -2.48. The summed E-state index contributed by atoms with van der Waals surface area (Å²) in [5.74, 6) is 0.492. The van der Waals surface area contributed by atoms with Crippen molar-refractivity contribution in [1.29, 1.82) is 0 Å². The lowest BCUT2D eigenvalue weighted by atomic mass is 9.88. The molecule has 170 valence electrons. The topological polar surface area (TPSA) is 94.2 Å². The van der Waals surface area contributed by atoms with Crippen LogP contribution in [0.4, 0.5) is 0 Å². The zero-order chi connectivity index (χ0) is 22.2. The van der Waals surface area contributed by atoms with E-state index in [1.807, 2.05) is 0 Å². The van der Waals surface area contributed by atoms with E-state index in [2.05, 4.69) is 10.1 Å². The van der Waals surface area contributed by atoms with Crippen LogP contribution in [0, 0.1) is 5.92 Å². The van der Waals surface area contributed by atoms with Crippen LogP contribution in [0.2, 0.25) is 0 Å². The number of piperidine rings is 1. The maximum atomic E-state index is 12.9. The highest BCUT2D eigenvalue weighted by Gasteiger charge is 2.28. The Morgan fingerprint density at radius 3 is 2.35 bits per heavy atom. The third-order valence-electron chi connectivity index (χ3n) is 6.09. The van der Waals surface area contributed by atoms with E-state index in [1.54, 1.807) is 23.1 Å². The highest BCUT2D eigenvalue weighted by Crippen LogP contribution is 2.29. The molecule has 1 saturated carbocycles. The molecule has 1 aliphatic carbocycles. The zero-order valence-electron chi connectivity index (χ0n) is 18.4. The Labute approximate surface area is 183 Å². The highest BCUT2D eigenvalue weighted by atomic mass is 16.6. The molecular weight excluding hydrogens is 400 g/mol. The third-order valence-corrected chi connectivity index (χ3v) is 6.09. The minimum Gasteiger partial charge on any atom is -0.493 e. The van der Waals surface area contributed by atoms with Crippen LogP contribution in [-0.2, 0) is 14.3 Å². The molecule has 8 heteroatoms. The molecular formula is C23H32N2O6. The van der Waals surface area contributed by atoms with Crippen LogP contribution < -0.4 is 14.8 Å².